The predicted molar refractivity (Wildman–Crippen MR) is 51.7 cm³/mol. The zero-order valence-corrected chi connectivity index (χ0v) is 7.93. The zero-order valence-electron chi connectivity index (χ0n) is 6.34. The van der Waals surface area contributed by atoms with Crippen LogP contribution in [0, 0.1) is 0 Å². The summed E-state index contributed by atoms with van der Waals surface area (Å²) >= 11 is 3.43. The average Bonchev–Trinajstić information content (AvgIpc) is 2.49. The number of halogens is 1. The van der Waals surface area contributed by atoms with Gasteiger partial charge in [0.2, 0.25) is 0 Å². The van der Waals surface area contributed by atoms with Crippen LogP contribution in [0.5, 0.6) is 0 Å². The summed E-state index contributed by atoms with van der Waals surface area (Å²) in [6.07, 6.45) is 1.68. The van der Waals surface area contributed by atoms with Crippen molar-refractivity contribution in [3.05, 3.63) is 28.5 Å². The Hall–Kier alpha value is -0.870. The lowest BCUT2D eigenvalue weighted by Crippen LogP contribution is -1.96. The molecule has 3 nitrogen and oxygen atoms in total. The number of nitrogens with two attached hydrogens (primary N) is 1. The van der Waals surface area contributed by atoms with Crippen molar-refractivity contribution in [1.29, 1.82) is 0 Å². The molecule has 12 heavy (non-hydrogen) atoms. The number of imidazole rings is 1. The van der Waals surface area contributed by atoms with E-state index in [1.165, 1.54) is 0 Å². The maximum Gasteiger partial charge on any atom is 0.0931 e. The van der Waals surface area contributed by atoms with Crippen LogP contribution in [0.2, 0.25) is 0 Å². The summed E-state index contributed by atoms with van der Waals surface area (Å²) in [6.45, 7) is 0.537. The van der Waals surface area contributed by atoms with Gasteiger partial charge in [-0.15, -0.1) is 0 Å². The number of nitrogens with zero attached hydrogens (tertiary/aromatic N) is 1. The van der Waals surface area contributed by atoms with Crippen LogP contribution < -0.4 is 5.73 Å². The van der Waals surface area contributed by atoms with Gasteiger partial charge in [-0.05, 0) is 17.7 Å². The number of rotatable bonds is 1. The molecule has 1 aromatic carbocycles. The largest absolute Gasteiger partial charge is 0.345 e. The minimum atomic E-state index is 0.537. The van der Waals surface area contributed by atoms with Gasteiger partial charge in [-0.1, -0.05) is 15.9 Å². The standard InChI is InChI=1S/C8H8BrN3/c9-6-2-8-7(11-4-12-8)1-5(6)3-10/h1-2,4H,3,10H2,(H,11,12). The Bertz CT molecular complexity index is 408. The van der Waals surface area contributed by atoms with Gasteiger partial charge in [-0.25, -0.2) is 4.98 Å². The number of fused-ring (bicyclic) bond motifs is 1. The monoisotopic (exact) mass is 225 g/mol. The third-order valence-corrected chi connectivity index (χ3v) is 2.55. The number of hydrogen-bond acceptors (Lipinski definition) is 2. The zero-order chi connectivity index (χ0) is 8.55. The molecule has 0 fully saturated rings. The van der Waals surface area contributed by atoms with Crippen LogP contribution in [0.25, 0.3) is 11.0 Å². The molecule has 0 radical (unpaired) electrons. The first kappa shape index (κ1) is 7.76. The van der Waals surface area contributed by atoms with E-state index in [0.29, 0.717) is 6.54 Å². The molecule has 2 rings (SSSR count). The van der Waals surface area contributed by atoms with Crippen molar-refractivity contribution < 1.29 is 0 Å². The molecule has 1 aromatic heterocycles. The highest BCUT2D eigenvalue weighted by atomic mass is 79.9. The van der Waals surface area contributed by atoms with Crippen LogP contribution in [-0.4, -0.2) is 9.97 Å². The van der Waals surface area contributed by atoms with Crippen LogP contribution >= 0.6 is 15.9 Å². The third-order valence-electron chi connectivity index (χ3n) is 1.81. The van der Waals surface area contributed by atoms with Crippen LogP contribution in [-0.2, 0) is 6.54 Å². The third kappa shape index (κ3) is 1.13. The van der Waals surface area contributed by atoms with E-state index in [2.05, 4.69) is 25.9 Å². The maximum atomic E-state index is 5.55. The molecule has 3 N–H and O–H groups in total. The lowest BCUT2D eigenvalue weighted by atomic mass is 10.2. The van der Waals surface area contributed by atoms with E-state index in [1.54, 1.807) is 6.33 Å². The second kappa shape index (κ2) is 2.88. The second-order valence-electron chi connectivity index (χ2n) is 2.57. The normalized spacial score (nSPS) is 10.8. The topological polar surface area (TPSA) is 54.7 Å². The highest BCUT2D eigenvalue weighted by Crippen LogP contribution is 2.21. The summed E-state index contributed by atoms with van der Waals surface area (Å²) in [5, 5.41) is 0. The summed E-state index contributed by atoms with van der Waals surface area (Å²) in [6, 6.07) is 3.97. The van der Waals surface area contributed by atoms with Crippen LogP contribution in [0.3, 0.4) is 0 Å². The smallest absolute Gasteiger partial charge is 0.0931 e. The van der Waals surface area contributed by atoms with E-state index in [-0.39, 0.29) is 0 Å². The highest BCUT2D eigenvalue weighted by molar-refractivity contribution is 9.10. The fraction of sp³-hybridized carbons (Fsp3) is 0.125. The van der Waals surface area contributed by atoms with E-state index in [9.17, 15) is 0 Å². The molecule has 0 spiro atoms. The fourth-order valence-corrected chi connectivity index (χ4v) is 1.65. The Labute approximate surface area is 78.1 Å². The van der Waals surface area contributed by atoms with Gasteiger partial charge in [0.1, 0.15) is 0 Å². The molecule has 0 saturated carbocycles. The van der Waals surface area contributed by atoms with Crippen molar-refractivity contribution in [3.63, 3.8) is 0 Å². The van der Waals surface area contributed by atoms with Gasteiger partial charge >= 0.3 is 0 Å². The van der Waals surface area contributed by atoms with Gasteiger partial charge in [0.05, 0.1) is 17.4 Å². The van der Waals surface area contributed by atoms with E-state index < -0.39 is 0 Å². The molecular weight excluding hydrogens is 218 g/mol. The Balaban J connectivity index is 2.73. The number of hydrogen-bond donors (Lipinski definition) is 2. The minimum Gasteiger partial charge on any atom is -0.345 e. The second-order valence-corrected chi connectivity index (χ2v) is 3.42. The molecule has 0 saturated heterocycles. The summed E-state index contributed by atoms with van der Waals surface area (Å²) in [5.41, 5.74) is 8.62. The lowest BCUT2D eigenvalue weighted by Gasteiger charge is -1.99. The quantitative estimate of drug-likeness (QED) is 0.778. The minimum absolute atomic E-state index is 0.537. The Kier molecular flexibility index (Phi) is 1.86. The van der Waals surface area contributed by atoms with Crippen molar-refractivity contribution in [2.75, 3.05) is 0 Å². The number of benzene rings is 1. The predicted octanol–water partition coefficient (Wildman–Crippen LogP) is 1.78. The van der Waals surface area contributed by atoms with Crippen molar-refractivity contribution in [2.24, 2.45) is 5.73 Å². The van der Waals surface area contributed by atoms with E-state index >= 15 is 0 Å². The Morgan fingerprint density at radius 1 is 1.50 bits per heavy atom. The summed E-state index contributed by atoms with van der Waals surface area (Å²) in [4.78, 5) is 7.16. The van der Waals surface area contributed by atoms with Crippen molar-refractivity contribution in [1.82, 2.24) is 9.97 Å². The van der Waals surface area contributed by atoms with Crippen molar-refractivity contribution >= 4 is 27.0 Å². The molecule has 0 unspecified atom stereocenters. The molecule has 0 bridgehead atoms. The molecule has 62 valence electrons. The van der Waals surface area contributed by atoms with Crippen molar-refractivity contribution in [3.8, 4) is 0 Å². The van der Waals surface area contributed by atoms with Gasteiger partial charge in [0.15, 0.2) is 0 Å². The summed E-state index contributed by atoms with van der Waals surface area (Å²) in [5.74, 6) is 0. The Morgan fingerprint density at radius 3 is 3.08 bits per heavy atom. The molecular formula is C8H8BrN3. The van der Waals surface area contributed by atoms with Crippen LogP contribution in [0.1, 0.15) is 5.56 Å². The van der Waals surface area contributed by atoms with Gasteiger partial charge < -0.3 is 10.7 Å². The first-order valence-corrected chi connectivity index (χ1v) is 4.42. The molecule has 1 heterocycles. The summed E-state index contributed by atoms with van der Waals surface area (Å²) in [7, 11) is 0. The maximum absolute atomic E-state index is 5.55. The molecule has 0 aliphatic carbocycles. The number of H-pyrrole nitrogens is 1. The number of nitrogens with one attached hydrogen (secondary N) is 1. The fourth-order valence-electron chi connectivity index (χ4n) is 1.16. The summed E-state index contributed by atoms with van der Waals surface area (Å²) < 4.78 is 1.02. The molecule has 0 atom stereocenters. The highest BCUT2D eigenvalue weighted by Gasteiger charge is 2.01. The van der Waals surface area contributed by atoms with Crippen LogP contribution in [0.15, 0.2) is 22.9 Å². The van der Waals surface area contributed by atoms with Gasteiger partial charge in [-0.2, -0.15) is 0 Å². The van der Waals surface area contributed by atoms with Gasteiger partial charge in [0, 0.05) is 11.0 Å². The SMILES string of the molecule is NCc1cc2[nH]cnc2cc1Br. The molecule has 0 aliphatic heterocycles. The molecule has 4 heteroatoms. The van der Waals surface area contributed by atoms with Crippen molar-refractivity contribution in [2.45, 2.75) is 6.54 Å². The average molecular weight is 226 g/mol. The first-order valence-electron chi connectivity index (χ1n) is 3.63. The van der Waals surface area contributed by atoms with Gasteiger partial charge in [0.25, 0.3) is 0 Å². The van der Waals surface area contributed by atoms with Crippen LogP contribution in [0.4, 0.5) is 0 Å². The molecule has 0 amide bonds. The first-order chi connectivity index (χ1) is 5.81. The Morgan fingerprint density at radius 2 is 2.33 bits per heavy atom. The lowest BCUT2D eigenvalue weighted by molar-refractivity contribution is 1.06. The number of aromatic amines is 1. The van der Waals surface area contributed by atoms with E-state index in [4.69, 9.17) is 5.73 Å². The van der Waals surface area contributed by atoms with Gasteiger partial charge in [-0.3, -0.25) is 0 Å². The molecule has 0 aliphatic rings. The molecule has 2 aromatic rings. The van der Waals surface area contributed by atoms with E-state index in [0.717, 1.165) is 21.1 Å². The van der Waals surface area contributed by atoms with E-state index in [1.807, 2.05) is 12.1 Å². The number of aromatic nitrogens is 2.